The van der Waals surface area contributed by atoms with E-state index in [4.69, 9.17) is 11.6 Å². The maximum Gasteiger partial charge on any atom is 0.332 e. The van der Waals surface area contributed by atoms with Crippen LogP contribution in [-0.2, 0) is 14.1 Å². The van der Waals surface area contributed by atoms with Gasteiger partial charge in [0.2, 0.25) is 0 Å². The molecule has 0 spiro atoms. The molecule has 1 fully saturated rings. The molecule has 3 heterocycles. The van der Waals surface area contributed by atoms with Crippen LogP contribution in [0.5, 0.6) is 5.75 Å². The molecule has 1 aliphatic rings. The number of pyridine rings is 1. The first-order chi connectivity index (χ1) is 17.6. The highest BCUT2D eigenvalue weighted by atomic mass is 35.5. The second-order valence-corrected chi connectivity index (χ2v) is 9.79. The largest absolute Gasteiger partial charge is 0.507 e. The van der Waals surface area contributed by atoms with E-state index in [-0.39, 0.29) is 39.2 Å². The first kappa shape index (κ1) is 24.9. The molecule has 0 bridgehead atoms. The monoisotopic (exact) mass is 523 g/mol. The van der Waals surface area contributed by atoms with Crippen LogP contribution in [0.1, 0.15) is 6.92 Å². The number of imidazole rings is 1. The lowest BCUT2D eigenvalue weighted by Gasteiger charge is -2.34. The molecular weight excluding hydrogens is 497 g/mol. The minimum absolute atomic E-state index is 0.171. The van der Waals surface area contributed by atoms with Gasteiger partial charge in [-0.25, -0.2) is 9.18 Å². The van der Waals surface area contributed by atoms with Crippen LogP contribution in [0.2, 0.25) is 5.02 Å². The molecule has 4 aromatic rings. The standard InChI is InChI=1S/C27H27ClFN5O3/c1-16-15-33(7-6-30-16)24-11-18(12-25(35)32(24)3)21-14-19(29)13-20(26(21)36)17-4-5-23(22(28)10-17)34-9-8-31(2)27(34)37/h4-5,8-14,16,30,36H,6-7,15H2,1-3H3/t16-/m1/s1. The Labute approximate surface area is 217 Å². The number of aromatic hydroxyl groups is 1. The third-order valence-electron chi connectivity index (χ3n) is 6.78. The molecule has 5 rings (SSSR count). The van der Waals surface area contributed by atoms with Gasteiger partial charge in [0.15, 0.2) is 0 Å². The average molecular weight is 524 g/mol. The van der Waals surface area contributed by atoms with E-state index < -0.39 is 5.82 Å². The van der Waals surface area contributed by atoms with Gasteiger partial charge in [0.05, 0.1) is 10.7 Å². The van der Waals surface area contributed by atoms with Crippen LogP contribution in [0.15, 0.2) is 64.4 Å². The number of benzene rings is 2. The summed E-state index contributed by atoms with van der Waals surface area (Å²) in [7, 11) is 3.34. The Morgan fingerprint density at radius 1 is 1.03 bits per heavy atom. The maximum absolute atomic E-state index is 14.9. The molecule has 0 aliphatic carbocycles. The van der Waals surface area contributed by atoms with Crippen molar-refractivity contribution in [2.75, 3.05) is 24.5 Å². The number of rotatable bonds is 4. The molecule has 0 unspecified atom stereocenters. The van der Waals surface area contributed by atoms with Gasteiger partial charge in [0.25, 0.3) is 5.56 Å². The molecule has 10 heteroatoms. The Morgan fingerprint density at radius 3 is 2.41 bits per heavy atom. The van der Waals surface area contributed by atoms with E-state index >= 15 is 0 Å². The Bertz CT molecular complexity index is 1620. The third-order valence-corrected chi connectivity index (χ3v) is 7.08. The Kier molecular flexibility index (Phi) is 6.43. The molecule has 1 saturated heterocycles. The van der Waals surface area contributed by atoms with Crippen LogP contribution >= 0.6 is 11.6 Å². The Morgan fingerprint density at radius 2 is 1.76 bits per heavy atom. The number of aromatic nitrogens is 3. The fourth-order valence-electron chi connectivity index (χ4n) is 4.78. The number of phenolic OH excluding ortho intramolecular Hbond substituents is 1. The predicted molar refractivity (Wildman–Crippen MR) is 143 cm³/mol. The Hall–Kier alpha value is -3.82. The lowest BCUT2D eigenvalue weighted by atomic mass is 9.97. The van der Waals surface area contributed by atoms with E-state index in [9.17, 15) is 19.1 Å². The highest BCUT2D eigenvalue weighted by Gasteiger charge is 2.21. The molecule has 1 atom stereocenters. The van der Waals surface area contributed by atoms with Crippen molar-refractivity contribution < 1.29 is 9.50 Å². The fourth-order valence-corrected chi connectivity index (χ4v) is 5.05. The van der Waals surface area contributed by atoms with E-state index in [1.807, 2.05) is 0 Å². The van der Waals surface area contributed by atoms with Crippen LogP contribution in [0.3, 0.4) is 0 Å². The summed E-state index contributed by atoms with van der Waals surface area (Å²) in [6.45, 7) is 4.29. The summed E-state index contributed by atoms with van der Waals surface area (Å²) >= 11 is 6.50. The number of aryl methyl sites for hydroxylation is 1. The highest BCUT2D eigenvalue weighted by molar-refractivity contribution is 6.32. The zero-order chi connectivity index (χ0) is 26.4. The van der Waals surface area contributed by atoms with Crippen LogP contribution in [0.4, 0.5) is 10.2 Å². The second-order valence-electron chi connectivity index (χ2n) is 9.38. The predicted octanol–water partition coefficient (Wildman–Crippen LogP) is 3.50. The van der Waals surface area contributed by atoms with Crippen molar-refractivity contribution in [3.05, 3.63) is 86.5 Å². The van der Waals surface area contributed by atoms with Gasteiger partial charge < -0.3 is 19.9 Å². The van der Waals surface area contributed by atoms with Crippen LogP contribution in [0.25, 0.3) is 27.9 Å². The number of anilines is 1. The second kappa shape index (κ2) is 9.57. The number of hydrogen-bond donors (Lipinski definition) is 2. The van der Waals surface area contributed by atoms with Gasteiger partial charge in [-0.05, 0) is 48.4 Å². The average Bonchev–Trinajstić information content (AvgIpc) is 3.19. The molecule has 0 saturated carbocycles. The van der Waals surface area contributed by atoms with Gasteiger partial charge in [-0.2, -0.15) is 0 Å². The summed E-state index contributed by atoms with van der Waals surface area (Å²) in [5, 5.41) is 14.9. The van der Waals surface area contributed by atoms with Crippen LogP contribution < -0.4 is 21.5 Å². The zero-order valence-electron chi connectivity index (χ0n) is 20.7. The van der Waals surface area contributed by atoms with Crippen molar-refractivity contribution in [1.29, 1.82) is 0 Å². The lowest BCUT2D eigenvalue weighted by molar-refractivity contribution is 0.476. The number of nitrogens with one attached hydrogen (secondary N) is 1. The van der Waals surface area contributed by atoms with Crippen molar-refractivity contribution in [2.24, 2.45) is 14.1 Å². The fraction of sp³-hybridized carbons (Fsp3) is 0.259. The van der Waals surface area contributed by atoms with Crippen molar-refractivity contribution in [2.45, 2.75) is 13.0 Å². The summed E-state index contributed by atoms with van der Waals surface area (Å²) < 4.78 is 19.3. The Balaban J connectivity index is 1.60. The minimum Gasteiger partial charge on any atom is -0.507 e. The SMILES string of the molecule is C[C@@H]1CN(c2cc(-c3cc(F)cc(-c4ccc(-n5ccn(C)c5=O)c(Cl)c4)c3O)cc(=O)n2C)CCN1. The summed E-state index contributed by atoms with van der Waals surface area (Å²) in [5.74, 6) is -0.0444. The summed E-state index contributed by atoms with van der Waals surface area (Å²) in [5.41, 5.74) is 1.26. The van der Waals surface area contributed by atoms with Gasteiger partial charge in [-0.1, -0.05) is 17.7 Å². The molecule has 2 aromatic heterocycles. The summed E-state index contributed by atoms with van der Waals surface area (Å²) in [6, 6.07) is 10.8. The molecule has 192 valence electrons. The molecule has 37 heavy (non-hydrogen) atoms. The maximum atomic E-state index is 14.9. The number of phenols is 1. The lowest BCUT2D eigenvalue weighted by Crippen LogP contribution is -2.50. The number of nitrogens with zero attached hydrogens (tertiary/aromatic N) is 4. The van der Waals surface area contributed by atoms with Gasteiger partial charge in [0.1, 0.15) is 17.4 Å². The molecule has 2 N–H and O–H groups in total. The number of piperazine rings is 1. The molecule has 0 radical (unpaired) electrons. The minimum atomic E-state index is -0.569. The highest BCUT2D eigenvalue weighted by Crippen LogP contribution is 2.40. The zero-order valence-corrected chi connectivity index (χ0v) is 21.5. The van der Waals surface area contributed by atoms with Gasteiger partial charge >= 0.3 is 5.69 Å². The van der Waals surface area contributed by atoms with Crippen LogP contribution in [0, 0.1) is 5.82 Å². The summed E-state index contributed by atoms with van der Waals surface area (Å²) in [4.78, 5) is 27.3. The van der Waals surface area contributed by atoms with Gasteiger partial charge in [0, 0.05) is 69.4 Å². The molecule has 0 amide bonds. The smallest absolute Gasteiger partial charge is 0.332 e. The summed E-state index contributed by atoms with van der Waals surface area (Å²) in [6.07, 6.45) is 3.23. The van der Waals surface area contributed by atoms with Gasteiger partial charge in [-0.15, -0.1) is 0 Å². The van der Waals surface area contributed by atoms with E-state index in [1.54, 1.807) is 55.3 Å². The molecule has 2 aromatic carbocycles. The molecule has 1 aliphatic heterocycles. The van der Waals surface area contributed by atoms with E-state index in [2.05, 4.69) is 17.1 Å². The quantitative estimate of drug-likeness (QED) is 0.428. The van der Waals surface area contributed by atoms with E-state index in [0.29, 0.717) is 29.2 Å². The van der Waals surface area contributed by atoms with Crippen molar-refractivity contribution in [3.8, 4) is 33.7 Å². The van der Waals surface area contributed by atoms with Gasteiger partial charge in [-0.3, -0.25) is 13.9 Å². The van der Waals surface area contributed by atoms with Crippen LogP contribution in [-0.4, -0.2) is 44.5 Å². The number of halogens is 2. The normalized spacial score (nSPS) is 15.8. The number of hydrogen-bond acceptors (Lipinski definition) is 5. The van der Waals surface area contributed by atoms with Crippen molar-refractivity contribution in [3.63, 3.8) is 0 Å². The van der Waals surface area contributed by atoms with E-state index in [1.165, 1.54) is 27.3 Å². The van der Waals surface area contributed by atoms with Crippen molar-refractivity contribution in [1.82, 2.24) is 19.0 Å². The molecule has 8 nitrogen and oxygen atoms in total. The third kappa shape index (κ3) is 4.56. The first-order valence-corrected chi connectivity index (χ1v) is 12.3. The van der Waals surface area contributed by atoms with E-state index in [0.717, 1.165) is 13.1 Å². The first-order valence-electron chi connectivity index (χ1n) is 11.9. The van der Waals surface area contributed by atoms with Crippen molar-refractivity contribution >= 4 is 17.4 Å². The molecular formula is C27H27ClFN5O3. The topological polar surface area (TPSA) is 84.4 Å².